The molecule has 1 aliphatic heterocycles. The number of benzene rings is 2. The maximum Gasteiger partial charge on any atom is 0.147 e. The van der Waals surface area contributed by atoms with Crippen LogP contribution in [0, 0.1) is 5.82 Å². The van der Waals surface area contributed by atoms with Crippen LogP contribution in [0.2, 0.25) is 0 Å². The smallest absolute Gasteiger partial charge is 0.147 e. The zero-order chi connectivity index (χ0) is 13.9. The molecule has 104 valence electrons. The molecular weight excluding hydrogens is 251 g/mol. The van der Waals surface area contributed by atoms with Gasteiger partial charge >= 0.3 is 0 Å². The third kappa shape index (κ3) is 2.41. The Balaban J connectivity index is 1.88. The Hall–Kier alpha value is -1.87. The van der Waals surface area contributed by atoms with E-state index in [1.807, 2.05) is 31.2 Å². The lowest BCUT2D eigenvalue weighted by Gasteiger charge is -2.20. The summed E-state index contributed by atoms with van der Waals surface area (Å²) in [5.74, 6) is -0.142. The molecule has 0 amide bonds. The second-order valence-corrected chi connectivity index (χ2v) is 5.10. The highest BCUT2D eigenvalue weighted by Crippen LogP contribution is 2.35. The van der Waals surface area contributed by atoms with Gasteiger partial charge in [-0.1, -0.05) is 31.2 Å². The van der Waals surface area contributed by atoms with Gasteiger partial charge in [0.25, 0.3) is 0 Å². The molecule has 0 radical (unpaired) electrons. The monoisotopic (exact) mass is 270 g/mol. The lowest BCUT2D eigenvalue weighted by molar-refractivity contribution is 0.620. The molecule has 0 fully saturated rings. The molecule has 0 saturated heterocycles. The molecule has 0 bridgehead atoms. The summed E-state index contributed by atoms with van der Waals surface area (Å²) in [6.45, 7) is 4.50. The molecule has 1 aliphatic rings. The van der Waals surface area contributed by atoms with E-state index in [0.29, 0.717) is 12.2 Å². The summed E-state index contributed by atoms with van der Waals surface area (Å²) in [7, 11) is 0. The Kier molecular flexibility index (Phi) is 3.70. The maximum atomic E-state index is 14.4. The predicted molar refractivity (Wildman–Crippen MR) is 80.9 cm³/mol. The highest BCUT2D eigenvalue weighted by Gasteiger charge is 2.22. The third-order valence-electron chi connectivity index (χ3n) is 3.77. The average molecular weight is 270 g/mol. The van der Waals surface area contributed by atoms with Gasteiger partial charge in [-0.15, -0.1) is 0 Å². The fourth-order valence-corrected chi connectivity index (χ4v) is 2.74. The molecule has 1 heterocycles. The van der Waals surface area contributed by atoms with Gasteiger partial charge in [0.15, 0.2) is 0 Å². The van der Waals surface area contributed by atoms with Crippen molar-refractivity contribution < 1.29 is 4.39 Å². The summed E-state index contributed by atoms with van der Waals surface area (Å²) in [5, 5.41) is 3.22. The van der Waals surface area contributed by atoms with E-state index in [4.69, 9.17) is 0 Å². The van der Waals surface area contributed by atoms with Crippen LogP contribution in [0.4, 0.5) is 15.8 Å². The molecule has 0 aromatic heterocycles. The van der Waals surface area contributed by atoms with Crippen LogP contribution in [-0.2, 0) is 13.0 Å². The minimum atomic E-state index is -0.142. The largest absolute Gasteiger partial charge is 0.339 e. The first-order valence-corrected chi connectivity index (χ1v) is 7.14. The summed E-state index contributed by atoms with van der Waals surface area (Å²) in [5.41, 5.74) is 4.09. The molecule has 0 saturated carbocycles. The van der Waals surface area contributed by atoms with Crippen LogP contribution >= 0.6 is 0 Å². The van der Waals surface area contributed by atoms with Crippen molar-refractivity contribution in [2.45, 2.75) is 19.9 Å². The van der Waals surface area contributed by atoms with Crippen LogP contribution in [0.25, 0.3) is 0 Å². The Morgan fingerprint density at radius 3 is 2.80 bits per heavy atom. The number of anilines is 2. The fourth-order valence-electron chi connectivity index (χ4n) is 2.74. The van der Waals surface area contributed by atoms with Gasteiger partial charge in [0, 0.05) is 18.8 Å². The molecule has 2 aromatic rings. The van der Waals surface area contributed by atoms with Crippen LogP contribution < -0.4 is 10.2 Å². The van der Waals surface area contributed by atoms with Gasteiger partial charge in [-0.05, 0) is 42.3 Å². The summed E-state index contributed by atoms with van der Waals surface area (Å²) in [6.07, 6.45) is 0.981. The van der Waals surface area contributed by atoms with Gasteiger partial charge in [-0.3, -0.25) is 0 Å². The van der Waals surface area contributed by atoms with Crippen LogP contribution in [0.3, 0.4) is 0 Å². The predicted octanol–water partition coefficient (Wildman–Crippen LogP) is 3.63. The highest BCUT2D eigenvalue weighted by molar-refractivity contribution is 5.70. The summed E-state index contributed by atoms with van der Waals surface area (Å²) < 4.78 is 14.4. The Morgan fingerprint density at radius 1 is 1.15 bits per heavy atom. The van der Waals surface area contributed by atoms with Crippen molar-refractivity contribution in [1.82, 2.24) is 5.32 Å². The van der Waals surface area contributed by atoms with Gasteiger partial charge in [0.05, 0.1) is 5.69 Å². The molecule has 0 unspecified atom stereocenters. The summed E-state index contributed by atoms with van der Waals surface area (Å²) in [4.78, 5) is 2.07. The Morgan fingerprint density at radius 2 is 2.00 bits per heavy atom. The van der Waals surface area contributed by atoms with E-state index in [0.717, 1.165) is 30.8 Å². The van der Waals surface area contributed by atoms with Gasteiger partial charge in [-0.2, -0.15) is 0 Å². The van der Waals surface area contributed by atoms with Crippen molar-refractivity contribution in [3.8, 4) is 0 Å². The molecule has 20 heavy (non-hydrogen) atoms. The number of para-hydroxylation sites is 1. The van der Waals surface area contributed by atoms with Gasteiger partial charge in [0.1, 0.15) is 5.82 Å². The first kappa shape index (κ1) is 13.1. The topological polar surface area (TPSA) is 15.3 Å². The SMILES string of the molecule is CCNCc1ccc(N2CCc3ccccc32)c(F)c1. The molecule has 0 spiro atoms. The van der Waals surface area contributed by atoms with Crippen molar-refractivity contribution in [3.05, 3.63) is 59.4 Å². The number of fused-ring (bicyclic) bond motifs is 1. The van der Waals surface area contributed by atoms with Crippen LogP contribution in [0.5, 0.6) is 0 Å². The number of halogens is 1. The molecule has 2 nitrogen and oxygen atoms in total. The minimum Gasteiger partial charge on any atom is -0.339 e. The second kappa shape index (κ2) is 5.63. The van der Waals surface area contributed by atoms with E-state index in [2.05, 4.69) is 22.3 Å². The number of rotatable bonds is 4. The average Bonchev–Trinajstić information content (AvgIpc) is 2.89. The molecule has 2 aromatic carbocycles. The standard InChI is InChI=1S/C17H19FN2/c1-2-19-12-13-7-8-17(15(18)11-13)20-10-9-14-5-3-4-6-16(14)20/h3-8,11,19H,2,9-10,12H2,1H3. The second-order valence-electron chi connectivity index (χ2n) is 5.10. The quantitative estimate of drug-likeness (QED) is 0.912. The van der Waals surface area contributed by atoms with Crippen LogP contribution in [0.15, 0.2) is 42.5 Å². The Bertz CT molecular complexity index is 610. The summed E-state index contributed by atoms with van der Waals surface area (Å²) >= 11 is 0. The van der Waals surface area contributed by atoms with E-state index >= 15 is 0 Å². The van der Waals surface area contributed by atoms with Gasteiger partial charge in [0.2, 0.25) is 0 Å². The number of nitrogens with one attached hydrogen (secondary N) is 1. The maximum absolute atomic E-state index is 14.4. The van der Waals surface area contributed by atoms with E-state index < -0.39 is 0 Å². The molecule has 3 rings (SSSR count). The van der Waals surface area contributed by atoms with Crippen molar-refractivity contribution in [1.29, 1.82) is 0 Å². The Labute approximate surface area is 119 Å². The molecule has 0 atom stereocenters. The highest BCUT2D eigenvalue weighted by atomic mass is 19.1. The summed E-state index contributed by atoms with van der Waals surface area (Å²) in [6, 6.07) is 13.8. The van der Waals surface area contributed by atoms with Crippen LogP contribution in [0.1, 0.15) is 18.1 Å². The minimum absolute atomic E-state index is 0.142. The van der Waals surface area contributed by atoms with Crippen molar-refractivity contribution >= 4 is 11.4 Å². The third-order valence-corrected chi connectivity index (χ3v) is 3.77. The zero-order valence-corrected chi connectivity index (χ0v) is 11.7. The van der Waals surface area contributed by atoms with Crippen molar-refractivity contribution in [2.24, 2.45) is 0 Å². The first-order chi connectivity index (χ1) is 9.79. The molecule has 0 aliphatic carbocycles. The van der Waals surface area contributed by atoms with E-state index in [-0.39, 0.29) is 5.82 Å². The molecule has 1 N–H and O–H groups in total. The van der Waals surface area contributed by atoms with E-state index in [1.54, 1.807) is 6.07 Å². The fraction of sp³-hybridized carbons (Fsp3) is 0.294. The normalized spacial score (nSPS) is 13.6. The molecule has 3 heteroatoms. The van der Waals surface area contributed by atoms with Crippen molar-refractivity contribution in [2.75, 3.05) is 18.0 Å². The number of nitrogens with zero attached hydrogens (tertiary/aromatic N) is 1. The lowest BCUT2D eigenvalue weighted by atomic mass is 10.1. The first-order valence-electron chi connectivity index (χ1n) is 7.14. The lowest BCUT2D eigenvalue weighted by Crippen LogP contribution is -2.16. The van der Waals surface area contributed by atoms with Crippen molar-refractivity contribution in [3.63, 3.8) is 0 Å². The zero-order valence-electron chi connectivity index (χ0n) is 11.7. The van der Waals surface area contributed by atoms with Gasteiger partial charge in [-0.25, -0.2) is 4.39 Å². The van der Waals surface area contributed by atoms with Crippen LogP contribution in [-0.4, -0.2) is 13.1 Å². The number of hydrogen-bond donors (Lipinski definition) is 1. The van der Waals surface area contributed by atoms with E-state index in [9.17, 15) is 4.39 Å². The number of hydrogen-bond acceptors (Lipinski definition) is 2. The van der Waals surface area contributed by atoms with Gasteiger partial charge < -0.3 is 10.2 Å². The van der Waals surface area contributed by atoms with E-state index in [1.165, 1.54) is 5.56 Å². The molecular formula is C17H19FN2.